The monoisotopic (exact) mass is 520 g/mol. The van der Waals surface area contributed by atoms with Crippen molar-refractivity contribution in [2.45, 2.75) is 43.7 Å². The highest BCUT2D eigenvalue weighted by Crippen LogP contribution is 2.28. The quantitative estimate of drug-likeness (QED) is 0.305. The second-order valence-corrected chi connectivity index (χ2v) is 10.6. The molecule has 3 heterocycles. The Bertz CT molecular complexity index is 1710. The summed E-state index contributed by atoms with van der Waals surface area (Å²) in [4.78, 5) is 16.3. The molecule has 5 rings (SSSR count). The lowest BCUT2D eigenvalue weighted by molar-refractivity contribution is 0.489. The van der Waals surface area contributed by atoms with Crippen molar-refractivity contribution in [1.82, 2.24) is 14.9 Å². The van der Waals surface area contributed by atoms with E-state index in [1.54, 1.807) is 13.0 Å². The number of sulfonamides is 1. The van der Waals surface area contributed by atoms with Gasteiger partial charge >= 0.3 is 5.76 Å². The Morgan fingerprint density at radius 3 is 2.78 bits per heavy atom. The molecule has 190 valence electrons. The minimum Gasteiger partial charge on any atom is -0.408 e. The van der Waals surface area contributed by atoms with Crippen molar-refractivity contribution >= 4 is 26.9 Å². The minimum atomic E-state index is -4.12. The van der Waals surface area contributed by atoms with E-state index < -0.39 is 27.8 Å². The molecule has 2 aromatic heterocycles. The average Bonchev–Trinajstić information content (AvgIpc) is 3.48. The van der Waals surface area contributed by atoms with Gasteiger partial charge in [-0.2, -0.15) is 4.39 Å². The molecule has 2 atom stereocenters. The maximum absolute atomic E-state index is 13.4. The summed E-state index contributed by atoms with van der Waals surface area (Å²) < 4.78 is 48.6. The molecule has 8 nitrogen and oxygen atoms in total. The first-order valence-electron chi connectivity index (χ1n) is 11.9. The number of pyridine rings is 1. The van der Waals surface area contributed by atoms with E-state index in [0.717, 1.165) is 36.6 Å². The second-order valence-electron chi connectivity index (χ2n) is 8.99. The Labute approximate surface area is 213 Å². The molecular formula is C27H25FN4O4S. The number of aryl methyl sites for hydroxylation is 1. The maximum Gasteiger partial charge on any atom is 0.420 e. The predicted molar refractivity (Wildman–Crippen MR) is 138 cm³/mol. The zero-order chi connectivity index (χ0) is 26.2. The Hall–Kier alpha value is -3.94. The van der Waals surface area contributed by atoms with Gasteiger partial charge < -0.3 is 9.73 Å². The van der Waals surface area contributed by atoms with Crippen LogP contribution in [0.15, 0.2) is 68.7 Å². The number of rotatable bonds is 5. The summed E-state index contributed by atoms with van der Waals surface area (Å²) in [7, 11) is -4.12. The highest BCUT2D eigenvalue weighted by atomic mass is 32.2. The first-order valence-corrected chi connectivity index (χ1v) is 13.4. The normalized spacial score (nSPS) is 16.4. The van der Waals surface area contributed by atoms with Crippen molar-refractivity contribution < 1.29 is 17.2 Å². The molecule has 2 unspecified atom stereocenters. The summed E-state index contributed by atoms with van der Waals surface area (Å²) in [5.41, 5.74) is 2.69. The van der Waals surface area contributed by atoms with Gasteiger partial charge in [0.25, 0.3) is 10.0 Å². The minimum absolute atomic E-state index is 0.0996. The highest BCUT2D eigenvalue weighted by molar-refractivity contribution is 7.92. The zero-order valence-electron chi connectivity index (χ0n) is 20.3. The van der Waals surface area contributed by atoms with Gasteiger partial charge in [-0.3, -0.25) is 9.29 Å². The third kappa shape index (κ3) is 5.14. The number of anilines is 1. The first kappa shape index (κ1) is 24.7. The Kier molecular flexibility index (Phi) is 6.58. The van der Waals surface area contributed by atoms with Crippen LogP contribution in [0.1, 0.15) is 42.5 Å². The number of aromatic nitrogens is 2. The van der Waals surface area contributed by atoms with E-state index in [4.69, 9.17) is 4.42 Å². The van der Waals surface area contributed by atoms with Crippen LogP contribution in [0, 0.1) is 24.7 Å². The summed E-state index contributed by atoms with van der Waals surface area (Å²) in [5.74, 6) is 4.89. The number of fused-ring (bicyclic) bond motifs is 1. The smallest absolute Gasteiger partial charge is 0.408 e. The molecule has 1 aliphatic heterocycles. The molecule has 2 aromatic carbocycles. The molecule has 2 N–H and O–H groups in total. The molecule has 0 amide bonds. The van der Waals surface area contributed by atoms with Gasteiger partial charge in [0.2, 0.25) is 5.95 Å². The van der Waals surface area contributed by atoms with Gasteiger partial charge in [0.05, 0.1) is 22.5 Å². The fraction of sp³-hybridized carbons (Fsp3) is 0.259. The number of hydrogen-bond acceptors (Lipinski definition) is 6. The SMILES string of the molecule is Cc1cc2c(cc1S(=O)(=O)Nc1cccc(F)n1)oc(=O)n2C(C)c1cccc(C#CC2CCCN2)c1. The van der Waals surface area contributed by atoms with Crippen LogP contribution in [0.5, 0.6) is 0 Å². The maximum atomic E-state index is 13.4. The van der Waals surface area contributed by atoms with Gasteiger partial charge in [0, 0.05) is 11.6 Å². The Morgan fingerprint density at radius 2 is 2.03 bits per heavy atom. The zero-order valence-corrected chi connectivity index (χ0v) is 21.1. The first-order chi connectivity index (χ1) is 17.7. The third-order valence-electron chi connectivity index (χ3n) is 6.36. The third-order valence-corrected chi connectivity index (χ3v) is 7.86. The molecule has 0 bridgehead atoms. The van der Waals surface area contributed by atoms with Gasteiger partial charge in [0.1, 0.15) is 5.82 Å². The predicted octanol–water partition coefficient (Wildman–Crippen LogP) is 3.95. The molecule has 1 saturated heterocycles. The van der Waals surface area contributed by atoms with E-state index in [1.807, 2.05) is 31.2 Å². The summed E-state index contributed by atoms with van der Waals surface area (Å²) in [6.45, 7) is 4.47. The molecule has 1 aliphatic rings. The van der Waals surface area contributed by atoms with Gasteiger partial charge in [-0.15, -0.1) is 0 Å². The molecule has 37 heavy (non-hydrogen) atoms. The molecule has 0 radical (unpaired) electrons. The number of benzene rings is 2. The molecule has 10 heteroatoms. The fourth-order valence-corrected chi connectivity index (χ4v) is 5.73. The van der Waals surface area contributed by atoms with Crippen LogP contribution in [0.3, 0.4) is 0 Å². The van der Waals surface area contributed by atoms with Gasteiger partial charge in [-0.25, -0.2) is 18.2 Å². The van der Waals surface area contributed by atoms with Crippen molar-refractivity contribution in [3.8, 4) is 11.8 Å². The van der Waals surface area contributed by atoms with E-state index >= 15 is 0 Å². The van der Waals surface area contributed by atoms with E-state index in [9.17, 15) is 17.6 Å². The summed E-state index contributed by atoms with van der Waals surface area (Å²) >= 11 is 0. The molecular weight excluding hydrogens is 495 g/mol. The molecule has 4 aromatic rings. The molecule has 1 fully saturated rings. The van der Waals surface area contributed by atoms with Gasteiger partial charge in [0.15, 0.2) is 5.58 Å². The van der Waals surface area contributed by atoms with E-state index in [2.05, 4.69) is 26.9 Å². The Balaban J connectivity index is 1.48. The Morgan fingerprint density at radius 1 is 1.22 bits per heavy atom. The number of oxazole rings is 1. The van der Waals surface area contributed by atoms with Crippen molar-refractivity contribution in [2.75, 3.05) is 11.3 Å². The van der Waals surface area contributed by atoms with Crippen molar-refractivity contribution in [2.24, 2.45) is 0 Å². The summed E-state index contributed by atoms with van der Waals surface area (Å²) in [6.07, 6.45) is 2.15. The van der Waals surface area contributed by atoms with Crippen molar-refractivity contribution in [3.63, 3.8) is 0 Å². The van der Waals surface area contributed by atoms with Crippen molar-refractivity contribution in [3.05, 3.63) is 87.8 Å². The summed E-state index contributed by atoms with van der Waals surface area (Å²) in [5, 5.41) is 3.35. The number of nitrogens with one attached hydrogen (secondary N) is 2. The van der Waals surface area contributed by atoms with Crippen LogP contribution in [-0.4, -0.2) is 30.6 Å². The topological polar surface area (TPSA) is 106 Å². The van der Waals surface area contributed by atoms with Crippen LogP contribution in [0.25, 0.3) is 11.1 Å². The van der Waals surface area contributed by atoms with Crippen LogP contribution in [0.4, 0.5) is 10.2 Å². The van der Waals surface area contributed by atoms with E-state index in [-0.39, 0.29) is 22.3 Å². The van der Waals surface area contributed by atoms with Crippen LogP contribution < -0.4 is 15.8 Å². The summed E-state index contributed by atoms with van der Waals surface area (Å²) in [6, 6.07) is 14.2. The molecule has 0 saturated carbocycles. The largest absolute Gasteiger partial charge is 0.420 e. The lowest BCUT2D eigenvalue weighted by atomic mass is 10.0. The lowest BCUT2D eigenvalue weighted by Crippen LogP contribution is -2.19. The van der Waals surface area contributed by atoms with Gasteiger partial charge in [-0.1, -0.05) is 30.0 Å². The lowest BCUT2D eigenvalue weighted by Gasteiger charge is -2.15. The molecule has 0 spiro atoms. The van der Waals surface area contributed by atoms with Gasteiger partial charge in [-0.05, 0) is 74.7 Å². The highest BCUT2D eigenvalue weighted by Gasteiger charge is 2.23. The van der Waals surface area contributed by atoms with E-state index in [0.29, 0.717) is 11.1 Å². The van der Waals surface area contributed by atoms with Crippen molar-refractivity contribution in [1.29, 1.82) is 0 Å². The number of nitrogens with zero attached hydrogens (tertiary/aromatic N) is 2. The fourth-order valence-electron chi connectivity index (χ4n) is 4.48. The second kappa shape index (κ2) is 9.84. The number of halogens is 1. The average molecular weight is 521 g/mol. The van der Waals surface area contributed by atoms with Crippen LogP contribution >= 0.6 is 0 Å². The number of hydrogen-bond donors (Lipinski definition) is 2. The van der Waals surface area contributed by atoms with E-state index in [1.165, 1.54) is 22.8 Å². The van der Waals surface area contributed by atoms with Crippen LogP contribution in [0.2, 0.25) is 0 Å². The molecule has 0 aliphatic carbocycles. The van der Waals surface area contributed by atoms with Crippen LogP contribution in [-0.2, 0) is 10.0 Å². The standard InChI is InChI=1S/C27H25FN4O4S/c1-17-14-22-23(16-24(17)37(34,35)31-26-10-4-9-25(28)30-26)36-27(33)32(22)18(2)20-7-3-6-19(15-20)11-12-21-8-5-13-29-21/h3-4,6-7,9-10,14-16,18,21,29H,5,8,13H2,1-2H3,(H,30,31).